The van der Waals surface area contributed by atoms with Crippen LogP contribution in [0.3, 0.4) is 0 Å². The molecule has 2 fully saturated rings. The molecule has 382 valence electrons. The molecule has 2 saturated heterocycles. The Morgan fingerprint density at radius 3 is 1.37 bits per heavy atom. The van der Waals surface area contributed by atoms with E-state index in [0.29, 0.717) is 12.8 Å². The number of unbranched alkanes of at least 4 members (excludes halogenated alkanes) is 24. The van der Waals surface area contributed by atoms with E-state index in [0.717, 1.165) is 44.9 Å². The lowest BCUT2D eigenvalue weighted by Gasteiger charge is -2.42. The molecule has 0 amide bonds. The molecule has 0 aromatic carbocycles. The summed E-state index contributed by atoms with van der Waals surface area (Å²) >= 11 is 0. The second-order valence-electron chi connectivity index (χ2n) is 18.4. The number of aliphatic hydroxyl groups is 7. The summed E-state index contributed by atoms with van der Waals surface area (Å²) in [5.41, 5.74) is 0. The Kier molecular flexibility index (Phi) is 34.8. The smallest absolute Gasteiger partial charge is 0.306 e. The van der Waals surface area contributed by atoms with E-state index < -0.39 is 92.7 Å². The van der Waals surface area contributed by atoms with Gasteiger partial charge < -0.3 is 64.2 Å². The summed E-state index contributed by atoms with van der Waals surface area (Å²) in [6.45, 7) is 2.58. The fourth-order valence-corrected chi connectivity index (χ4v) is 8.21. The van der Waals surface area contributed by atoms with E-state index in [-0.39, 0.29) is 26.1 Å². The van der Waals surface area contributed by atoms with Gasteiger partial charge in [-0.05, 0) is 38.5 Å². The van der Waals surface area contributed by atoms with Gasteiger partial charge in [0.1, 0.15) is 55.4 Å². The standard InChI is InChI=1S/C50H92O15/c1-3-5-7-9-11-13-15-17-18-19-21-22-24-26-28-30-32-41(52)60-35-38(63-42(53)33-31-29-27-25-23-20-16-14-12-10-8-6-4-2)36-61-49-48(59)46(57)44(55)40(65-49)37-62-50-47(58)45(56)43(54)39(34-51)64-50/h20,23,38-40,43-51,54-59H,3-19,21-22,24-37H2,1-2H3/b23-20+/t38-,39+,40+,43-,44-,45?,46?,47?,48?,49+,50+/m0/s1. The molecule has 11 atom stereocenters. The van der Waals surface area contributed by atoms with Gasteiger partial charge in [-0.25, -0.2) is 0 Å². The SMILES string of the molecule is CCCCCCCC/C=C/CCCCCC(=O)O[C@@H](COC(=O)CCCCCCCCCCCCCCCCCC)CO[C@@H]1O[C@H](CO[C@@H]2O[C@H](CO)[C@H](O)C(O)C2O)[C@H](O)C(O)C1O. The van der Waals surface area contributed by atoms with Gasteiger partial charge in [-0.3, -0.25) is 9.59 Å². The Labute approximate surface area is 390 Å². The van der Waals surface area contributed by atoms with Crippen LogP contribution in [0.1, 0.15) is 200 Å². The molecular formula is C50H92O15. The number of esters is 2. The molecule has 2 rings (SSSR count). The molecule has 0 aromatic rings. The van der Waals surface area contributed by atoms with Crippen LogP contribution in [-0.4, -0.2) is 142 Å². The van der Waals surface area contributed by atoms with Crippen molar-refractivity contribution in [3.63, 3.8) is 0 Å². The summed E-state index contributed by atoms with van der Waals surface area (Å²) in [5.74, 6) is -0.934. The van der Waals surface area contributed by atoms with Crippen molar-refractivity contribution in [1.29, 1.82) is 0 Å². The minimum absolute atomic E-state index is 0.149. The number of carbonyl (C=O) groups excluding carboxylic acids is 2. The average molecular weight is 933 g/mol. The molecule has 0 spiro atoms. The predicted molar refractivity (Wildman–Crippen MR) is 248 cm³/mol. The van der Waals surface area contributed by atoms with Crippen LogP contribution in [-0.2, 0) is 38.0 Å². The van der Waals surface area contributed by atoms with Gasteiger partial charge >= 0.3 is 11.9 Å². The van der Waals surface area contributed by atoms with Crippen LogP contribution >= 0.6 is 0 Å². The van der Waals surface area contributed by atoms with Crippen molar-refractivity contribution >= 4 is 11.9 Å². The highest BCUT2D eigenvalue weighted by molar-refractivity contribution is 5.70. The predicted octanol–water partition coefficient (Wildman–Crippen LogP) is 6.99. The lowest BCUT2D eigenvalue weighted by atomic mass is 9.98. The van der Waals surface area contributed by atoms with E-state index in [9.17, 15) is 45.3 Å². The first-order chi connectivity index (χ1) is 31.5. The number of allylic oxidation sites excluding steroid dienone is 2. The van der Waals surface area contributed by atoms with E-state index in [1.54, 1.807) is 0 Å². The number of hydrogen-bond acceptors (Lipinski definition) is 15. The zero-order chi connectivity index (χ0) is 47.5. The summed E-state index contributed by atoms with van der Waals surface area (Å²) in [6.07, 6.45) is 19.6. The highest BCUT2D eigenvalue weighted by Gasteiger charge is 2.47. The number of ether oxygens (including phenoxy) is 6. The molecule has 65 heavy (non-hydrogen) atoms. The average Bonchev–Trinajstić information content (AvgIpc) is 3.30. The zero-order valence-corrected chi connectivity index (χ0v) is 40.2. The van der Waals surface area contributed by atoms with Gasteiger partial charge in [-0.2, -0.15) is 0 Å². The molecule has 0 radical (unpaired) electrons. The van der Waals surface area contributed by atoms with Crippen LogP contribution in [0.15, 0.2) is 12.2 Å². The Morgan fingerprint density at radius 1 is 0.477 bits per heavy atom. The Bertz CT molecular complexity index is 1190. The maximum Gasteiger partial charge on any atom is 0.306 e. The van der Waals surface area contributed by atoms with Crippen molar-refractivity contribution in [2.45, 2.75) is 268 Å². The van der Waals surface area contributed by atoms with Crippen LogP contribution in [0.2, 0.25) is 0 Å². The number of carbonyl (C=O) groups is 2. The summed E-state index contributed by atoms with van der Waals surface area (Å²) in [7, 11) is 0. The normalized spacial score (nSPS) is 26.4. The Hall–Kier alpha value is -1.76. The van der Waals surface area contributed by atoms with Crippen molar-refractivity contribution in [3.05, 3.63) is 12.2 Å². The molecule has 0 aliphatic carbocycles. The largest absolute Gasteiger partial charge is 0.462 e. The Morgan fingerprint density at radius 2 is 0.877 bits per heavy atom. The van der Waals surface area contributed by atoms with Crippen molar-refractivity contribution in [2.75, 3.05) is 26.4 Å². The summed E-state index contributed by atoms with van der Waals surface area (Å²) in [4.78, 5) is 25.7. The summed E-state index contributed by atoms with van der Waals surface area (Å²) < 4.78 is 33.5. The molecule has 15 heteroatoms. The van der Waals surface area contributed by atoms with Crippen LogP contribution in [0, 0.1) is 0 Å². The second kappa shape index (κ2) is 38.1. The fourth-order valence-electron chi connectivity index (χ4n) is 8.21. The quantitative estimate of drug-likeness (QED) is 0.0187. The van der Waals surface area contributed by atoms with E-state index in [1.807, 2.05) is 0 Å². The van der Waals surface area contributed by atoms with E-state index in [4.69, 9.17) is 28.4 Å². The first kappa shape index (κ1) is 59.4. The maximum atomic E-state index is 13.0. The van der Waals surface area contributed by atoms with Crippen molar-refractivity contribution < 1.29 is 73.8 Å². The van der Waals surface area contributed by atoms with Crippen molar-refractivity contribution in [3.8, 4) is 0 Å². The van der Waals surface area contributed by atoms with Crippen molar-refractivity contribution in [1.82, 2.24) is 0 Å². The van der Waals surface area contributed by atoms with Gasteiger partial charge in [-0.15, -0.1) is 0 Å². The van der Waals surface area contributed by atoms with E-state index in [1.165, 1.54) is 116 Å². The van der Waals surface area contributed by atoms with Gasteiger partial charge in [-0.1, -0.05) is 161 Å². The van der Waals surface area contributed by atoms with Crippen LogP contribution in [0.25, 0.3) is 0 Å². The number of aliphatic hydroxyl groups excluding tert-OH is 7. The van der Waals surface area contributed by atoms with E-state index in [2.05, 4.69) is 26.0 Å². The van der Waals surface area contributed by atoms with Gasteiger partial charge in [0, 0.05) is 12.8 Å². The fraction of sp³-hybridized carbons (Fsp3) is 0.920. The molecule has 2 aliphatic rings. The maximum absolute atomic E-state index is 13.0. The summed E-state index contributed by atoms with van der Waals surface area (Å²) in [6, 6.07) is 0. The molecule has 2 heterocycles. The molecule has 0 saturated carbocycles. The first-order valence-corrected chi connectivity index (χ1v) is 25.8. The minimum atomic E-state index is -1.76. The highest BCUT2D eigenvalue weighted by Crippen LogP contribution is 2.26. The molecular weight excluding hydrogens is 841 g/mol. The zero-order valence-electron chi connectivity index (χ0n) is 40.2. The molecule has 0 aromatic heterocycles. The summed E-state index contributed by atoms with van der Waals surface area (Å²) in [5, 5.41) is 72.0. The van der Waals surface area contributed by atoms with Gasteiger partial charge in [0.2, 0.25) is 0 Å². The van der Waals surface area contributed by atoms with Gasteiger partial charge in [0.25, 0.3) is 0 Å². The van der Waals surface area contributed by atoms with Crippen LogP contribution in [0.5, 0.6) is 0 Å². The van der Waals surface area contributed by atoms with Crippen LogP contribution < -0.4 is 0 Å². The lowest BCUT2D eigenvalue weighted by Crippen LogP contribution is -2.61. The lowest BCUT2D eigenvalue weighted by molar-refractivity contribution is -0.332. The third-order valence-electron chi connectivity index (χ3n) is 12.5. The monoisotopic (exact) mass is 933 g/mol. The van der Waals surface area contributed by atoms with E-state index >= 15 is 0 Å². The van der Waals surface area contributed by atoms with Gasteiger partial charge in [0.15, 0.2) is 18.7 Å². The number of hydrogen-bond donors (Lipinski definition) is 7. The highest BCUT2D eigenvalue weighted by atomic mass is 16.7. The van der Waals surface area contributed by atoms with Crippen molar-refractivity contribution in [2.24, 2.45) is 0 Å². The first-order valence-electron chi connectivity index (χ1n) is 25.8. The molecule has 4 unspecified atom stereocenters. The molecule has 2 aliphatic heterocycles. The minimum Gasteiger partial charge on any atom is -0.462 e. The second-order valence-corrected chi connectivity index (χ2v) is 18.4. The Balaban J connectivity index is 1.81. The third-order valence-corrected chi connectivity index (χ3v) is 12.5. The van der Waals surface area contributed by atoms with Crippen LogP contribution in [0.4, 0.5) is 0 Å². The topological polar surface area (TPSA) is 231 Å². The van der Waals surface area contributed by atoms with Gasteiger partial charge in [0.05, 0.1) is 19.8 Å². The molecule has 0 bridgehead atoms. The molecule has 15 nitrogen and oxygen atoms in total. The third kappa shape index (κ3) is 26.5. The number of rotatable bonds is 40. The molecule has 7 N–H and O–H groups in total.